The van der Waals surface area contributed by atoms with Crippen LogP contribution in [0, 0.1) is 4.91 Å². The fourth-order valence-corrected chi connectivity index (χ4v) is 3.72. The Morgan fingerprint density at radius 1 is 1.37 bits per heavy atom. The van der Waals surface area contributed by atoms with Gasteiger partial charge in [0.05, 0.1) is 33.0 Å². The number of aromatic nitrogens is 4. The zero-order valence-corrected chi connectivity index (χ0v) is 18.6. The highest BCUT2D eigenvalue weighted by Gasteiger charge is 2.24. The minimum absolute atomic E-state index is 0.0517. The summed E-state index contributed by atoms with van der Waals surface area (Å²) in [6, 6.07) is 0.109. The van der Waals surface area contributed by atoms with Gasteiger partial charge in [-0.15, -0.1) is 4.91 Å². The maximum atomic E-state index is 11.5. The van der Waals surface area contributed by atoms with Crippen LogP contribution in [0.5, 0.6) is 6.01 Å². The number of imidazole rings is 1. The van der Waals surface area contributed by atoms with Gasteiger partial charge in [0, 0.05) is 19.6 Å². The third-order valence-corrected chi connectivity index (χ3v) is 5.41. The van der Waals surface area contributed by atoms with Crippen LogP contribution in [0.1, 0.15) is 26.2 Å². The average Bonchev–Trinajstić information content (AvgIpc) is 3.07. The van der Waals surface area contributed by atoms with Crippen LogP contribution in [0.3, 0.4) is 0 Å². The number of unbranched alkanes of at least 4 members (excludes halogenated alkanes) is 1. The lowest BCUT2D eigenvalue weighted by molar-refractivity contribution is -0.143. The summed E-state index contributed by atoms with van der Waals surface area (Å²) < 4.78 is 18.5. The number of halogens is 1. The fraction of sp³-hybridized carbons (Fsp3) is 0.667. The molecule has 1 aliphatic heterocycles. The second kappa shape index (κ2) is 10.7. The van der Waals surface area contributed by atoms with Crippen LogP contribution in [0.15, 0.2) is 9.91 Å². The molecule has 0 N–H and O–H groups in total. The molecule has 1 saturated heterocycles. The lowest BCUT2D eigenvalue weighted by atomic mass is 10.2. The van der Waals surface area contributed by atoms with E-state index in [2.05, 4.69) is 43.0 Å². The molecule has 12 heteroatoms. The number of nitroso groups, excluding NO2 is 1. The summed E-state index contributed by atoms with van der Waals surface area (Å²) >= 11 is 3.43. The van der Waals surface area contributed by atoms with Crippen molar-refractivity contribution in [1.82, 2.24) is 24.4 Å². The number of aryl methyl sites for hydroxylation is 1. The van der Waals surface area contributed by atoms with Gasteiger partial charge in [-0.2, -0.15) is 9.97 Å². The normalized spacial score (nSPS) is 17.2. The molecule has 0 spiro atoms. The highest BCUT2D eigenvalue weighted by molar-refractivity contribution is 9.10. The second-order valence-corrected chi connectivity index (χ2v) is 7.63. The first-order valence-electron chi connectivity index (χ1n) is 9.86. The first kappa shape index (κ1) is 22.5. The maximum Gasteiger partial charge on any atom is 0.320 e. The van der Waals surface area contributed by atoms with Crippen LogP contribution in [-0.4, -0.2) is 76.5 Å². The van der Waals surface area contributed by atoms with Gasteiger partial charge in [-0.1, -0.05) is 13.3 Å². The molecule has 0 radical (unpaired) electrons. The van der Waals surface area contributed by atoms with Crippen molar-refractivity contribution < 1.29 is 19.0 Å². The molecule has 2 aromatic heterocycles. The van der Waals surface area contributed by atoms with Gasteiger partial charge in [-0.25, -0.2) is 4.98 Å². The quantitative estimate of drug-likeness (QED) is 0.216. The number of esters is 1. The molecule has 1 fully saturated rings. The summed E-state index contributed by atoms with van der Waals surface area (Å²) in [6.45, 7) is 5.15. The van der Waals surface area contributed by atoms with Gasteiger partial charge in [-0.05, 0) is 33.9 Å². The van der Waals surface area contributed by atoms with Gasteiger partial charge >= 0.3 is 12.0 Å². The van der Waals surface area contributed by atoms with Crippen molar-refractivity contribution in [2.45, 2.75) is 38.8 Å². The summed E-state index contributed by atoms with van der Waals surface area (Å²) in [5.41, 5.74) is 0.789. The number of nitrogens with zero attached hydrogens (tertiary/aromatic N) is 6. The zero-order chi connectivity index (χ0) is 21.5. The standard InChI is InChI=1S/C18H25BrN6O5/c1-3-4-8-30-18-21-15(23-27)14-16(22-18)25(17(19)20-14)6-5-12-10-24(7-9-29-12)11-13(26)28-2/h12H,3-11H2,1-2H3. The van der Waals surface area contributed by atoms with Gasteiger partial charge in [0.2, 0.25) is 5.82 Å². The van der Waals surface area contributed by atoms with Crippen molar-refractivity contribution in [3.05, 3.63) is 9.64 Å². The molecule has 0 aromatic carbocycles. The SMILES string of the molecule is CCCCOc1nc(N=O)c2nc(Br)n(CCC3CN(CC(=O)OC)CCO3)c2n1. The van der Waals surface area contributed by atoms with E-state index in [1.54, 1.807) is 0 Å². The monoisotopic (exact) mass is 484 g/mol. The molecular weight excluding hydrogens is 460 g/mol. The Labute approximate surface area is 182 Å². The third-order valence-electron chi connectivity index (χ3n) is 4.80. The van der Waals surface area contributed by atoms with E-state index < -0.39 is 0 Å². The predicted molar refractivity (Wildman–Crippen MR) is 112 cm³/mol. The highest BCUT2D eigenvalue weighted by atomic mass is 79.9. The van der Waals surface area contributed by atoms with Crippen molar-refractivity contribution >= 4 is 38.9 Å². The van der Waals surface area contributed by atoms with Crippen LogP contribution in [0.25, 0.3) is 11.2 Å². The molecule has 3 heterocycles. The zero-order valence-electron chi connectivity index (χ0n) is 17.0. The molecule has 164 valence electrons. The molecule has 2 aromatic rings. The van der Waals surface area contributed by atoms with E-state index >= 15 is 0 Å². The lowest BCUT2D eigenvalue weighted by Crippen LogP contribution is -2.45. The van der Waals surface area contributed by atoms with E-state index in [1.165, 1.54) is 7.11 Å². The van der Waals surface area contributed by atoms with Crippen molar-refractivity contribution in [1.29, 1.82) is 0 Å². The van der Waals surface area contributed by atoms with Crippen molar-refractivity contribution in [2.24, 2.45) is 5.18 Å². The Bertz CT molecular complexity index is 892. The number of rotatable bonds is 10. The van der Waals surface area contributed by atoms with Gasteiger partial charge in [0.15, 0.2) is 15.9 Å². The number of carbonyl (C=O) groups excluding carboxylic acids is 1. The van der Waals surface area contributed by atoms with E-state index in [4.69, 9.17) is 14.2 Å². The molecule has 1 unspecified atom stereocenters. The van der Waals surface area contributed by atoms with Crippen LogP contribution in [0.4, 0.5) is 5.82 Å². The average molecular weight is 485 g/mol. The fourth-order valence-electron chi connectivity index (χ4n) is 3.19. The Morgan fingerprint density at radius 3 is 2.93 bits per heavy atom. The molecule has 0 bridgehead atoms. The molecule has 30 heavy (non-hydrogen) atoms. The first-order valence-corrected chi connectivity index (χ1v) is 10.7. The number of morpholine rings is 1. The maximum absolute atomic E-state index is 11.5. The number of hydrogen-bond acceptors (Lipinski definition) is 10. The van der Waals surface area contributed by atoms with E-state index in [0.717, 1.165) is 12.8 Å². The van der Waals surface area contributed by atoms with E-state index in [9.17, 15) is 9.70 Å². The number of carbonyl (C=O) groups is 1. The summed E-state index contributed by atoms with van der Waals surface area (Å²) in [6.07, 6.45) is 2.44. The Hall–Kier alpha value is -2.18. The Balaban J connectivity index is 1.73. The highest BCUT2D eigenvalue weighted by Crippen LogP contribution is 2.28. The van der Waals surface area contributed by atoms with Crippen molar-refractivity contribution in [3.8, 4) is 6.01 Å². The molecular formula is C18H25BrN6O5. The second-order valence-electron chi connectivity index (χ2n) is 6.92. The van der Waals surface area contributed by atoms with Crippen molar-refractivity contribution in [2.75, 3.05) is 40.0 Å². The molecule has 0 aliphatic carbocycles. The summed E-state index contributed by atoms with van der Waals surface area (Å²) in [4.78, 5) is 37.6. The lowest BCUT2D eigenvalue weighted by Gasteiger charge is -2.32. The van der Waals surface area contributed by atoms with Crippen LogP contribution in [0.2, 0.25) is 0 Å². The van der Waals surface area contributed by atoms with Crippen molar-refractivity contribution in [3.63, 3.8) is 0 Å². The summed E-state index contributed by atoms with van der Waals surface area (Å²) in [5.74, 6) is -0.315. The summed E-state index contributed by atoms with van der Waals surface area (Å²) in [7, 11) is 1.38. The molecule has 0 saturated carbocycles. The molecule has 1 atom stereocenters. The number of ether oxygens (including phenoxy) is 3. The largest absolute Gasteiger partial charge is 0.468 e. The van der Waals surface area contributed by atoms with Gasteiger partial charge < -0.3 is 18.8 Å². The number of methoxy groups -OCH3 is 1. The third kappa shape index (κ3) is 5.49. The topological polar surface area (TPSA) is 121 Å². The van der Waals surface area contributed by atoms with Crippen LogP contribution < -0.4 is 4.74 Å². The van der Waals surface area contributed by atoms with E-state index in [-0.39, 0.29) is 30.4 Å². The van der Waals surface area contributed by atoms with E-state index in [1.807, 2.05) is 9.47 Å². The molecule has 11 nitrogen and oxygen atoms in total. The van der Waals surface area contributed by atoms with Gasteiger partial charge in [0.25, 0.3) is 0 Å². The smallest absolute Gasteiger partial charge is 0.320 e. The first-order chi connectivity index (χ1) is 14.5. The summed E-state index contributed by atoms with van der Waals surface area (Å²) in [5, 5.41) is 2.98. The molecule has 1 aliphatic rings. The van der Waals surface area contributed by atoms with Gasteiger partial charge in [-0.3, -0.25) is 9.69 Å². The minimum Gasteiger partial charge on any atom is -0.468 e. The molecule has 3 rings (SSSR count). The van der Waals surface area contributed by atoms with Crippen LogP contribution in [-0.2, 0) is 20.8 Å². The minimum atomic E-state index is -0.264. The Kier molecular flexibility index (Phi) is 8.05. The van der Waals surface area contributed by atoms with E-state index in [0.29, 0.717) is 55.2 Å². The predicted octanol–water partition coefficient (Wildman–Crippen LogP) is 2.43. The number of hydrogen-bond donors (Lipinski definition) is 0. The van der Waals surface area contributed by atoms with Crippen LogP contribution >= 0.6 is 15.9 Å². The molecule has 0 amide bonds. The number of fused-ring (bicyclic) bond motifs is 1. The Morgan fingerprint density at radius 2 is 2.20 bits per heavy atom. The van der Waals surface area contributed by atoms with Gasteiger partial charge in [0.1, 0.15) is 0 Å².